The lowest BCUT2D eigenvalue weighted by molar-refractivity contribution is 0.241. The quantitative estimate of drug-likeness (QED) is 0.424. The topological polar surface area (TPSA) is 82.2 Å². The average Bonchev–Trinajstić information content (AvgIpc) is 2.56. The first-order valence-corrected chi connectivity index (χ1v) is 8.86. The molecule has 120 valence electrons. The first kappa shape index (κ1) is 17.2. The smallest absolute Gasteiger partial charge is 0.344 e. The molecule has 23 heavy (non-hydrogen) atoms. The third-order valence-corrected chi connectivity index (χ3v) is 4.73. The van der Waals surface area contributed by atoms with Crippen LogP contribution in [-0.4, -0.2) is 16.3 Å². The third-order valence-electron chi connectivity index (χ3n) is 2.85. The Morgan fingerprint density at radius 2 is 1.52 bits per heavy atom. The number of nitrogens with one attached hydrogen (secondary N) is 2. The lowest BCUT2D eigenvalue weighted by Gasteiger charge is -2.19. The molecule has 0 aliphatic heterocycles. The third kappa shape index (κ3) is 5.88. The molecule has 0 aliphatic carbocycles. The molecule has 2 aromatic rings. The van der Waals surface area contributed by atoms with Crippen LogP contribution in [0, 0.1) is 5.41 Å². The van der Waals surface area contributed by atoms with Crippen molar-refractivity contribution in [2.24, 2.45) is 5.73 Å². The molecular formula is C16H18N4OS2. The predicted molar refractivity (Wildman–Crippen MR) is 97.8 cm³/mol. The maximum Gasteiger partial charge on any atom is 0.344 e. The number of hydrogen-bond donors (Lipinski definition) is 3. The van der Waals surface area contributed by atoms with E-state index in [-0.39, 0.29) is 5.96 Å². The van der Waals surface area contributed by atoms with Crippen molar-refractivity contribution in [3.8, 4) is 0 Å². The first-order valence-electron chi connectivity index (χ1n) is 6.93. The zero-order chi connectivity index (χ0) is 16.5. The molecule has 0 saturated carbocycles. The van der Waals surface area contributed by atoms with Crippen LogP contribution in [0.25, 0.3) is 0 Å². The van der Waals surface area contributed by atoms with Gasteiger partial charge >= 0.3 is 6.03 Å². The second-order valence-electron chi connectivity index (χ2n) is 4.62. The molecule has 5 nitrogen and oxygen atoms in total. The van der Waals surface area contributed by atoms with Crippen molar-refractivity contribution in [2.75, 3.05) is 0 Å². The maximum atomic E-state index is 12.1. The normalized spacial score (nSPS) is 10.1. The standard InChI is InChI=1S/C16H18N4OS2/c17-15(18)20(23-12-14-9-5-2-6-10-14)16(21)19-22-11-13-7-3-1-4-8-13/h1-10H,11-12H2,(H3,17,18)(H,19,21). The molecule has 0 saturated heterocycles. The summed E-state index contributed by atoms with van der Waals surface area (Å²) in [5.41, 5.74) is 7.68. The van der Waals surface area contributed by atoms with E-state index in [0.29, 0.717) is 11.5 Å². The molecule has 0 fully saturated rings. The Hall–Kier alpha value is -2.12. The van der Waals surface area contributed by atoms with Gasteiger partial charge in [0.05, 0.1) is 0 Å². The number of nitrogens with two attached hydrogens (primary N) is 1. The number of carbonyl (C=O) groups excluding carboxylic acids is 1. The molecule has 7 heteroatoms. The molecule has 0 spiro atoms. The highest BCUT2D eigenvalue weighted by atomic mass is 32.2. The molecule has 0 heterocycles. The maximum absolute atomic E-state index is 12.1. The monoisotopic (exact) mass is 346 g/mol. The summed E-state index contributed by atoms with van der Waals surface area (Å²) >= 11 is 2.47. The van der Waals surface area contributed by atoms with E-state index in [2.05, 4.69) is 4.72 Å². The van der Waals surface area contributed by atoms with Gasteiger partial charge in [-0.25, -0.2) is 9.10 Å². The predicted octanol–water partition coefficient (Wildman–Crippen LogP) is 3.59. The Kier molecular flexibility index (Phi) is 6.83. The summed E-state index contributed by atoms with van der Waals surface area (Å²) in [7, 11) is 0. The number of nitrogens with zero attached hydrogens (tertiary/aromatic N) is 1. The van der Waals surface area contributed by atoms with E-state index in [1.54, 1.807) is 0 Å². The van der Waals surface area contributed by atoms with Crippen LogP contribution in [0.2, 0.25) is 0 Å². The van der Waals surface area contributed by atoms with Crippen LogP contribution in [0.15, 0.2) is 60.7 Å². The minimum Gasteiger partial charge on any atom is -0.369 e. The molecule has 0 aliphatic rings. The molecular weight excluding hydrogens is 328 g/mol. The summed E-state index contributed by atoms with van der Waals surface area (Å²) in [4.78, 5) is 12.1. The number of hydrogen-bond acceptors (Lipinski definition) is 4. The average molecular weight is 346 g/mol. The highest BCUT2D eigenvalue weighted by molar-refractivity contribution is 7.98. The van der Waals surface area contributed by atoms with Gasteiger partial charge in [-0.1, -0.05) is 60.7 Å². The Morgan fingerprint density at radius 1 is 1.00 bits per heavy atom. The fourth-order valence-corrected chi connectivity index (χ4v) is 3.22. The van der Waals surface area contributed by atoms with E-state index in [0.717, 1.165) is 15.4 Å². The molecule has 2 aromatic carbocycles. The lowest BCUT2D eigenvalue weighted by atomic mass is 10.2. The zero-order valence-corrected chi connectivity index (χ0v) is 14.1. The number of urea groups is 1. The van der Waals surface area contributed by atoms with Gasteiger partial charge in [0, 0.05) is 11.5 Å². The number of guanidine groups is 1. The Morgan fingerprint density at radius 3 is 2.04 bits per heavy atom. The summed E-state index contributed by atoms with van der Waals surface area (Å²) in [6.45, 7) is 0. The molecule has 0 unspecified atom stereocenters. The van der Waals surface area contributed by atoms with Crippen molar-refractivity contribution in [3.05, 3.63) is 71.8 Å². The van der Waals surface area contributed by atoms with Crippen LogP contribution < -0.4 is 10.5 Å². The van der Waals surface area contributed by atoms with Crippen molar-refractivity contribution in [1.82, 2.24) is 9.03 Å². The minimum absolute atomic E-state index is 0.288. The van der Waals surface area contributed by atoms with Crippen LogP contribution in [0.1, 0.15) is 11.1 Å². The van der Waals surface area contributed by atoms with Crippen molar-refractivity contribution >= 4 is 35.9 Å². The van der Waals surface area contributed by atoms with E-state index in [1.807, 2.05) is 60.7 Å². The number of rotatable bonds is 6. The van der Waals surface area contributed by atoms with E-state index in [4.69, 9.17) is 11.1 Å². The number of benzene rings is 2. The van der Waals surface area contributed by atoms with Crippen molar-refractivity contribution in [1.29, 1.82) is 5.41 Å². The fraction of sp³-hybridized carbons (Fsp3) is 0.125. The fourth-order valence-electron chi connectivity index (χ4n) is 1.75. The molecule has 2 amide bonds. The van der Waals surface area contributed by atoms with Crippen LogP contribution in [-0.2, 0) is 11.5 Å². The van der Waals surface area contributed by atoms with E-state index < -0.39 is 6.03 Å². The molecule has 0 atom stereocenters. The molecule has 0 aromatic heterocycles. The highest BCUT2D eigenvalue weighted by Crippen LogP contribution is 2.18. The summed E-state index contributed by atoms with van der Waals surface area (Å²) < 4.78 is 3.87. The minimum atomic E-state index is -0.403. The lowest BCUT2D eigenvalue weighted by Crippen LogP contribution is -2.40. The molecule has 0 radical (unpaired) electrons. The van der Waals surface area contributed by atoms with Crippen molar-refractivity contribution in [2.45, 2.75) is 11.5 Å². The van der Waals surface area contributed by atoms with Gasteiger partial charge < -0.3 is 5.73 Å². The van der Waals surface area contributed by atoms with Crippen LogP contribution in [0.3, 0.4) is 0 Å². The van der Waals surface area contributed by atoms with Gasteiger partial charge in [-0.2, -0.15) is 0 Å². The Balaban J connectivity index is 1.82. The Labute approximate surface area is 144 Å². The summed E-state index contributed by atoms with van der Waals surface area (Å²) in [5.74, 6) is 0.933. The van der Waals surface area contributed by atoms with Gasteiger partial charge in [0.1, 0.15) is 0 Å². The van der Waals surface area contributed by atoms with Gasteiger partial charge in [-0.3, -0.25) is 10.1 Å². The van der Waals surface area contributed by atoms with E-state index in [9.17, 15) is 4.79 Å². The van der Waals surface area contributed by atoms with Gasteiger partial charge in [0.15, 0.2) is 0 Å². The summed E-state index contributed by atoms with van der Waals surface area (Å²) in [5, 5.41) is 7.56. The summed E-state index contributed by atoms with van der Waals surface area (Å²) in [6.07, 6.45) is 0. The van der Waals surface area contributed by atoms with Gasteiger partial charge in [0.25, 0.3) is 0 Å². The SMILES string of the molecule is N=C(N)N(SCc1ccccc1)C(=O)NSCc1ccccc1. The van der Waals surface area contributed by atoms with Crippen molar-refractivity contribution < 1.29 is 4.79 Å². The van der Waals surface area contributed by atoms with Gasteiger partial charge in [-0.15, -0.1) is 0 Å². The van der Waals surface area contributed by atoms with Gasteiger partial charge in [-0.05, 0) is 35.0 Å². The molecule has 0 bridgehead atoms. The number of amides is 2. The van der Waals surface area contributed by atoms with Crippen molar-refractivity contribution in [3.63, 3.8) is 0 Å². The molecule has 2 rings (SSSR count). The molecule has 4 N–H and O–H groups in total. The van der Waals surface area contributed by atoms with Crippen LogP contribution in [0.4, 0.5) is 4.79 Å². The van der Waals surface area contributed by atoms with Crippen LogP contribution in [0.5, 0.6) is 0 Å². The highest BCUT2D eigenvalue weighted by Gasteiger charge is 2.17. The number of carbonyl (C=O) groups is 1. The van der Waals surface area contributed by atoms with E-state index in [1.165, 1.54) is 23.9 Å². The largest absolute Gasteiger partial charge is 0.369 e. The van der Waals surface area contributed by atoms with Crippen LogP contribution >= 0.6 is 23.9 Å². The second-order valence-corrected chi connectivity index (χ2v) is 6.31. The summed E-state index contributed by atoms with van der Waals surface area (Å²) in [6, 6.07) is 19.2. The Bertz CT molecular complexity index is 637. The second kappa shape index (κ2) is 9.12. The van der Waals surface area contributed by atoms with E-state index >= 15 is 0 Å². The zero-order valence-electron chi connectivity index (χ0n) is 12.4. The first-order chi connectivity index (χ1) is 11.2. The van der Waals surface area contributed by atoms with Gasteiger partial charge in [0.2, 0.25) is 5.96 Å².